The van der Waals surface area contributed by atoms with Crippen molar-refractivity contribution < 1.29 is 13.2 Å². The van der Waals surface area contributed by atoms with E-state index in [4.69, 9.17) is 0 Å². The van der Waals surface area contributed by atoms with E-state index in [2.05, 4.69) is 0 Å². The van der Waals surface area contributed by atoms with Crippen LogP contribution < -0.4 is 9.21 Å². The summed E-state index contributed by atoms with van der Waals surface area (Å²) in [5.41, 5.74) is 1.91. The second kappa shape index (κ2) is 5.85. The maximum absolute atomic E-state index is 13.2. The second-order valence-corrected chi connectivity index (χ2v) is 8.11. The van der Waals surface area contributed by atoms with Crippen molar-refractivity contribution >= 4 is 38.1 Å². The molecule has 3 aromatic carbocycles. The van der Waals surface area contributed by atoms with Gasteiger partial charge in [-0.2, -0.15) is 0 Å². The minimum atomic E-state index is -3.76. The van der Waals surface area contributed by atoms with Gasteiger partial charge in [0.15, 0.2) is 0 Å². The first-order valence-electron chi connectivity index (χ1n) is 8.38. The molecule has 132 valence electrons. The lowest BCUT2D eigenvalue weighted by Crippen LogP contribution is -2.27. The molecule has 0 fully saturated rings. The van der Waals surface area contributed by atoms with Crippen molar-refractivity contribution in [3.05, 3.63) is 66.2 Å². The lowest BCUT2D eigenvalue weighted by atomic mass is 10.1. The van der Waals surface area contributed by atoms with Gasteiger partial charge in [-0.05, 0) is 37.3 Å². The molecule has 1 aliphatic heterocycles. The van der Waals surface area contributed by atoms with Gasteiger partial charge in [0.2, 0.25) is 0 Å². The molecule has 4 rings (SSSR count). The molecular weight excluding hydrogens is 348 g/mol. The summed E-state index contributed by atoms with van der Waals surface area (Å²) in [7, 11) is -2.22. The maximum Gasteiger partial charge on any atom is 0.264 e. The smallest absolute Gasteiger partial charge is 0.264 e. The minimum absolute atomic E-state index is 0.0842. The van der Waals surface area contributed by atoms with Crippen molar-refractivity contribution in [2.45, 2.75) is 11.8 Å². The Morgan fingerprint density at radius 2 is 1.69 bits per heavy atom. The Morgan fingerprint density at radius 1 is 0.962 bits per heavy atom. The van der Waals surface area contributed by atoms with Gasteiger partial charge < -0.3 is 4.90 Å². The van der Waals surface area contributed by atoms with E-state index in [0.29, 0.717) is 28.6 Å². The maximum atomic E-state index is 13.2. The molecule has 0 radical (unpaired) electrons. The van der Waals surface area contributed by atoms with E-state index in [1.54, 1.807) is 59.5 Å². The monoisotopic (exact) mass is 366 g/mol. The van der Waals surface area contributed by atoms with Crippen LogP contribution in [0.15, 0.2) is 65.6 Å². The summed E-state index contributed by atoms with van der Waals surface area (Å²) >= 11 is 0. The van der Waals surface area contributed by atoms with Crippen molar-refractivity contribution in [2.75, 3.05) is 22.8 Å². The van der Waals surface area contributed by atoms with Gasteiger partial charge in [0.25, 0.3) is 15.9 Å². The lowest BCUT2D eigenvalue weighted by molar-refractivity contribution is 0.0994. The Morgan fingerprint density at radius 3 is 2.38 bits per heavy atom. The van der Waals surface area contributed by atoms with Crippen molar-refractivity contribution in [3.63, 3.8) is 0 Å². The van der Waals surface area contributed by atoms with Crippen LogP contribution in [-0.4, -0.2) is 27.9 Å². The van der Waals surface area contributed by atoms with Crippen LogP contribution in [0.1, 0.15) is 17.3 Å². The van der Waals surface area contributed by atoms with Gasteiger partial charge in [0.05, 0.1) is 16.3 Å². The highest BCUT2D eigenvalue weighted by molar-refractivity contribution is 7.93. The zero-order chi connectivity index (χ0) is 18.5. The predicted molar refractivity (Wildman–Crippen MR) is 103 cm³/mol. The van der Waals surface area contributed by atoms with Gasteiger partial charge in [-0.25, -0.2) is 8.42 Å². The number of hydrogen-bond acceptors (Lipinski definition) is 3. The van der Waals surface area contributed by atoms with Crippen LogP contribution in [0.4, 0.5) is 11.4 Å². The molecule has 0 bridgehead atoms. The standard InChI is InChI=1S/C20H18N2O3S/c1-3-22-17-12-13-18(15-10-7-11-16(19(15)17)20(22)23)26(24,25)21(2)14-8-5-4-6-9-14/h4-13H,3H2,1-2H3. The zero-order valence-electron chi connectivity index (χ0n) is 14.5. The largest absolute Gasteiger partial charge is 0.308 e. The number of anilines is 2. The quantitative estimate of drug-likeness (QED) is 0.708. The molecule has 0 saturated heterocycles. The first-order valence-corrected chi connectivity index (χ1v) is 9.82. The number of carbonyl (C=O) groups is 1. The molecule has 26 heavy (non-hydrogen) atoms. The molecule has 6 heteroatoms. The Labute approximate surface area is 152 Å². The molecule has 1 amide bonds. The van der Waals surface area contributed by atoms with Crippen LogP contribution in [-0.2, 0) is 10.0 Å². The second-order valence-electron chi connectivity index (χ2n) is 6.17. The fraction of sp³-hybridized carbons (Fsp3) is 0.150. The summed E-state index contributed by atoms with van der Waals surface area (Å²) in [5, 5.41) is 1.29. The van der Waals surface area contributed by atoms with Gasteiger partial charge in [0, 0.05) is 29.9 Å². The van der Waals surface area contributed by atoms with Crippen molar-refractivity contribution in [1.82, 2.24) is 0 Å². The first kappa shape index (κ1) is 16.6. The molecule has 0 aromatic heterocycles. The fourth-order valence-electron chi connectivity index (χ4n) is 3.48. The third-order valence-electron chi connectivity index (χ3n) is 4.82. The highest BCUT2D eigenvalue weighted by atomic mass is 32.2. The highest BCUT2D eigenvalue weighted by Crippen LogP contribution is 2.40. The molecule has 0 atom stereocenters. The topological polar surface area (TPSA) is 57.7 Å². The highest BCUT2D eigenvalue weighted by Gasteiger charge is 2.32. The molecule has 0 saturated carbocycles. The molecule has 0 aliphatic carbocycles. The molecule has 1 heterocycles. The number of nitrogens with zero attached hydrogens (tertiary/aromatic N) is 2. The summed E-state index contributed by atoms with van der Waals surface area (Å²) in [6.45, 7) is 2.45. The summed E-state index contributed by atoms with van der Waals surface area (Å²) < 4.78 is 27.8. The molecule has 5 nitrogen and oxygen atoms in total. The number of amides is 1. The van der Waals surface area contributed by atoms with E-state index >= 15 is 0 Å². The van der Waals surface area contributed by atoms with Gasteiger partial charge in [-0.1, -0.05) is 30.3 Å². The third-order valence-corrected chi connectivity index (χ3v) is 6.66. The number of rotatable bonds is 4. The van der Waals surface area contributed by atoms with Gasteiger partial charge >= 0.3 is 0 Å². The van der Waals surface area contributed by atoms with E-state index in [-0.39, 0.29) is 10.8 Å². The average molecular weight is 366 g/mol. The summed E-state index contributed by atoms with van der Waals surface area (Å²) in [4.78, 5) is 14.5. The van der Waals surface area contributed by atoms with E-state index in [1.165, 1.54) is 11.4 Å². The third kappa shape index (κ3) is 2.22. The van der Waals surface area contributed by atoms with Gasteiger partial charge in [-0.3, -0.25) is 9.10 Å². The van der Waals surface area contributed by atoms with Crippen LogP contribution in [0.2, 0.25) is 0 Å². The number of sulfonamides is 1. The Balaban J connectivity index is 1.95. The predicted octanol–water partition coefficient (Wildman–Crippen LogP) is 3.65. The van der Waals surface area contributed by atoms with Crippen LogP contribution in [0.3, 0.4) is 0 Å². The van der Waals surface area contributed by atoms with Crippen LogP contribution in [0.5, 0.6) is 0 Å². The van der Waals surface area contributed by atoms with Crippen molar-refractivity contribution in [1.29, 1.82) is 0 Å². The van der Waals surface area contributed by atoms with Crippen LogP contribution in [0, 0.1) is 0 Å². The summed E-state index contributed by atoms with van der Waals surface area (Å²) in [6, 6.07) is 17.5. The van der Waals surface area contributed by atoms with Gasteiger partial charge in [0.1, 0.15) is 0 Å². The van der Waals surface area contributed by atoms with E-state index < -0.39 is 10.0 Å². The summed E-state index contributed by atoms with van der Waals surface area (Å²) in [6.07, 6.45) is 0. The zero-order valence-corrected chi connectivity index (χ0v) is 15.3. The number of benzene rings is 3. The minimum Gasteiger partial charge on any atom is -0.308 e. The normalized spacial score (nSPS) is 13.5. The first-order chi connectivity index (χ1) is 12.5. The SMILES string of the molecule is CCN1C(=O)c2cccc3c(S(=O)(=O)N(C)c4ccccc4)ccc1c23. The van der Waals surface area contributed by atoms with Crippen molar-refractivity contribution in [3.8, 4) is 0 Å². The number of para-hydroxylation sites is 1. The van der Waals surface area contributed by atoms with E-state index in [1.807, 2.05) is 13.0 Å². The fourth-order valence-corrected chi connectivity index (χ4v) is 4.86. The Bertz CT molecular complexity index is 1120. The van der Waals surface area contributed by atoms with Gasteiger partial charge in [-0.15, -0.1) is 0 Å². The molecule has 0 unspecified atom stereocenters. The molecule has 1 aliphatic rings. The number of hydrogen-bond donors (Lipinski definition) is 0. The number of carbonyl (C=O) groups excluding carboxylic acids is 1. The molecule has 0 spiro atoms. The van der Waals surface area contributed by atoms with Crippen LogP contribution >= 0.6 is 0 Å². The molecule has 3 aromatic rings. The Kier molecular flexibility index (Phi) is 3.73. The molecule has 0 N–H and O–H groups in total. The average Bonchev–Trinajstić information content (AvgIpc) is 2.95. The van der Waals surface area contributed by atoms with Crippen molar-refractivity contribution in [2.24, 2.45) is 0 Å². The van der Waals surface area contributed by atoms with E-state index in [9.17, 15) is 13.2 Å². The van der Waals surface area contributed by atoms with E-state index in [0.717, 1.165) is 5.69 Å². The van der Waals surface area contributed by atoms with Crippen LogP contribution in [0.25, 0.3) is 10.8 Å². The summed E-state index contributed by atoms with van der Waals surface area (Å²) in [5.74, 6) is -0.0842. The lowest BCUT2D eigenvalue weighted by Gasteiger charge is -2.21. The molecular formula is C20H18N2O3S. The Hall–Kier alpha value is -2.86.